The summed E-state index contributed by atoms with van der Waals surface area (Å²) in [6.07, 6.45) is 5.90. The molecule has 0 atom stereocenters. The molecule has 1 saturated heterocycles. The lowest BCUT2D eigenvalue weighted by Gasteiger charge is -2.36. The van der Waals surface area contributed by atoms with Crippen LogP contribution >= 0.6 is 0 Å². The highest BCUT2D eigenvalue weighted by Crippen LogP contribution is 2.15. The van der Waals surface area contributed by atoms with Crippen LogP contribution < -0.4 is 0 Å². The second-order valence-corrected chi connectivity index (χ2v) is 6.29. The van der Waals surface area contributed by atoms with Gasteiger partial charge in [-0.1, -0.05) is 19.9 Å². The third-order valence-electron chi connectivity index (χ3n) is 4.90. The molecule has 2 aromatic heterocycles. The van der Waals surface area contributed by atoms with Crippen molar-refractivity contribution in [2.75, 3.05) is 26.2 Å². The number of pyridine rings is 1. The Labute approximate surface area is 137 Å². The van der Waals surface area contributed by atoms with Gasteiger partial charge in [-0.3, -0.25) is 9.69 Å². The minimum atomic E-state index is 0.195. The summed E-state index contributed by atoms with van der Waals surface area (Å²) < 4.78 is 2.14. The molecule has 0 spiro atoms. The summed E-state index contributed by atoms with van der Waals surface area (Å²) >= 11 is 0. The van der Waals surface area contributed by atoms with Gasteiger partial charge in [-0.2, -0.15) is 0 Å². The van der Waals surface area contributed by atoms with Crippen molar-refractivity contribution < 1.29 is 4.79 Å². The van der Waals surface area contributed by atoms with Crippen LogP contribution in [0.3, 0.4) is 0 Å². The number of aromatic nitrogens is 2. The molecule has 0 aliphatic carbocycles. The Hall–Kier alpha value is -1.88. The number of imidazole rings is 1. The molecular weight excluding hydrogens is 288 g/mol. The molecule has 0 bridgehead atoms. The van der Waals surface area contributed by atoms with Gasteiger partial charge in [0.2, 0.25) is 5.91 Å². The van der Waals surface area contributed by atoms with E-state index < -0.39 is 0 Å². The average molecular weight is 314 g/mol. The van der Waals surface area contributed by atoms with Crippen LogP contribution in [-0.2, 0) is 11.3 Å². The molecular formula is C18H26N4O. The molecule has 5 heteroatoms. The number of hydrogen-bond donors (Lipinski definition) is 0. The average Bonchev–Trinajstić information content (AvgIpc) is 3.00. The van der Waals surface area contributed by atoms with E-state index in [1.807, 2.05) is 29.3 Å². The molecule has 3 rings (SSSR count). The van der Waals surface area contributed by atoms with Gasteiger partial charge in [0.15, 0.2) is 0 Å². The Balaban J connectivity index is 1.58. The molecule has 1 fully saturated rings. The first kappa shape index (κ1) is 16.0. The van der Waals surface area contributed by atoms with E-state index in [1.165, 1.54) is 5.69 Å². The summed E-state index contributed by atoms with van der Waals surface area (Å²) in [5.41, 5.74) is 2.20. The molecule has 0 N–H and O–H groups in total. The fraction of sp³-hybridized carbons (Fsp3) is 0.556. The van der Waals surface area contributed by atoms with Crippen molar-refractivity contribution in [3.05, 3.63) is 36.3 Å². The van der Waals surface area contributed by atoms with Crippen molar-refractivity contribution in [3.8, 4) is 0 Å². The first-order chi connectivity index (χ1) is 11.2. The number of hydrogen-bond acceptors (Lipinski definition) is 3. The summed E-state index contributed by atoms with van der Waals surface area (Å²) in [4.78, 5) is 21.4. The van der Waals surface area contributed by atoms with Gasteiger partial charge in [0.25, 0.3) is 0 Å². The fourth-order valence-corrected chi connectivity index (χ4v) is 3.35. The number of nitrogens with zero attached hydrogens (tertiary/aromatic N) is 4. The summed E-state index contributed by atoms with van der Waals surface area (Å²) in [6, 6.07) is 6.06. The largest absolute Gasteiger partial charge is 0.340 e. The van der Waals surface area contributed by atoms with E-state index in [9.17, 15) is 4.79 Å². The van der Waals surface area contributed by atoms with Gasteiger partial charge in [0, 0.05) is 44.8 Å². The summed E-state index contributed by atoms with van der Waals surface area (Å²) in [7, 11) is 0. The number of carbonyl (C=O) groups is 1. The van der Waals surface area contributed by atoms with Crippen molar-refractivity contribution in [3.63, 3.8) is 0 Å². The lowest BCUT2D eigenvalue weighted by Crippen LogP contribution is -2.50. The maximum absolute atomic E-state index is 12.5. The van der Waals surface area contributed by atoms with Gasteiger partial charge < -0.3 is 9.30 Å². The number of amides is 1. The second-order valence-electron chi connectivity index (χ2n) is 6.29. The van der Waals surface area contributed by atoms with E-state index in [0.717, 1.165) is 51.2 Å². The first-order valence-electron chi connectivity index (χ1n) is 8.65. The van der Waals surface area contributed by atoms with Gasteiger partial charge in [0.1, 0.15) is 5.65 Å². The van der Waals surface area contributed by atoms with Crippen LogP contribution in [0.15, 0.2) is 30.6 Å². The smallest absolute Gasteiger partial charge is 0.225 e. The lowest BCUT2D eigenvalue weighted by atomic mass is 10.0. The number of carbonyl (C=O) groups excluding carboxylic acids is 1. The lowest BCUT2D eigenvalue weighted by molar-refractivity contribution is -0.137. The predicted molar refractivity (Wildman–Crippen MR) is 91.1 cm³/mol. The SMILES string of the molecule is CCC(CC)C(=O)N1CCN(Cc2cnc3ccccn23)CC1. The van der Waals surface area contributed by atoms with Crippen molar-refractivity contribution in [1.82, 2.24) is 19.2 Å². The van der Waals surface area contributed by atoms with Gasteiger partial charge in [-0.05, 0) is 25.0 Å². The molecule has 1 aliphatic heterocycles. The standard InChI is InChI=1S/C18H26N4O/c1-3-15(4-2)18(23)21-11-9-20(10-12-21)14-16-13-19-17-7-5-6-8-22(16)17/h5-8,13,15H,3-4,9-12,14H2,1-2H3. The Morgan fingerprint density at radius 3 is 2.61 bits per heavy atom. The Morgan fingerprint density at radius 2 is 1.91 bits per heavy atom. The highest BCUT2D eigenvalue weighted by atomic mass is 16.2. The van der Waals surface area contributed by atoms with Crippen molar-refractivity contribution in [2.24, 2.45) is 5.92 Å². The minimum absolute atomic E-state index is 0.195. The maximum Gasteiger partial charge on any atom is 0.225 e. The predicted octanol–water partition coefficient (Wildman–Crippen LogP) is 2.41. The van der Waals surface area contributed by atoms with Crippen LogP contribution in [-0.4, -0.2) is 51.3 Å². The summed E-state index contributed by atoms with van der Waals surface area (Å²) in [6.45, 7) is 8.65. The van der Waals surface area contributed by atoms with Crippen molar-refractivity contribution >= 4 is 11.6 Å². The van der Waals surface area contributed by atoms with Gasteiger partial charge in [-0.25, -0.2) is 4.98 Å². The molecule has 23 heavy (non-hydrogen) atoms. The van der Waals surface area contributed by atoms with E-state index in [-0.39, 0.29) is 5.92 Å². The molecule has 0 saturated carbocycles. The molecule has 1 amide bonds. The Kier molecular flexibility index (Phi) is 4.96. The van der Waals surface area contributed by atoms with Crippen LogP contribution in [0, 0.1) is 5.92 Å². The second kappa shape index (κ2) is 7.13. The number of rotatable bonds is 5. The third-order valence-corrected chi connectivity index (χ3v) is 4.90. The van der Waals surface area contributed by atoms with Crippen LogP contribution in [0.5, 0.6) is 0 Å². The number of piperazine rings is 1. The molecule has 5 nitrogen and oxygen atoms in total. The molecule has 0 radical (unpaired) electrons. The monoisotopic (exact) mass is 314 g/mol. The van der Waals surface area contributed by atoms with Gasteiger partial charge in [0.05, 0.1) is 11.9 Å². The molecule has 0 unspecified atom stereocenters. The van der Waals surface area contributed by atoms with E-state index in [0.29, 0.717) is 5.91 Å². The van der Waals surface area contributed by atoms with E-state index >= 15 is 0 Å². The zero-order valence-electron chi connectivity index (χ0n) is 14.1. The highest BCUT2D eigenvalue weighted by Gasteiger charge is 2.25. The normalized spacial score (nSPS) is 16.4. The van der Waals surface area contributed by atoms with Crippen molar-refractivity contribution in [2.45, 2.75) is 33.2 Å². The summed E-state index contributed by atoms with van der Waals surface area (Å²) in [5.74, 6) is 0.532. The topological polar surface area (TPSA) is 40.9 Å². The Morgan fingerprint density at radius 1 is 1.17 bits per heavy atom. The van der Waals surface area contributed by atoms with Crippen molar-refractivity contribution in [1.29, 1.82) is 0 Å². The van der Waals surface area contributed by atoms with E-state index in [1.54, 1.807) is 0 Å². The van der Waals surface area contributed by atoms with Crippen LogP contribution in [0.2, 0.25) is 0 Å². The highest BCUT2D eigenvalue weighted by molar-refractivity contribution is 5.78. The zero-order chi connectivity index (χ0) is 16.2. The molecule has 0 aromatic carbocycles. The van der Waals surface area contributed by atoms with Crippen LogP contribution in [0.4, 0.5) is 0 Å². The fourth-order valence-electron chi connectivity index (χ4n) is 3.35. The van der Waals surface area contributed by atoms with E-state index in [4.69, 9.17) is 0 Å². The van der Waals surface area contributed by atoms with Gasteiger partial charge in [-0.15, -0.1) is 0 Å². The quantitative estimate of drug-likeness (QED) is 0.851. The molecule has 1 aliphatic rings. The molecule has 124 valence electrons. The first-order valence-corrected chi connectivity index (χ1v) is 8.65. The van der Waals surface area contributed by atoms with E-state index in [2.05, 4.69) is 34.3 Å². The molecule has 2 aromatic rings. The van der Waals surface area contributed by atoms with Gasteiger partial charge >= 0.3 is 0 Å². The zero-order valence-corrected chi connectivity index (χ0v) is 14.1. The third kappa shape index (κ3) is 3.39. The number of fused-ring (bicyclic) bond motifs is 1. The Bertz CT molecular complexity index is 654. The van der Waals surface area contributed by atoms with Crippen LogP contribution in [0.1, 0.15) is 32.4 Å². The van der Waals surface area contributed by atoms with Crippen LogP contribution in [0.25, 0.3) is 5.65 Å². The minimum Gasteiger partial charge on any atom is -0.340 e. The molecule has 3 heterocycles. The summed E-state index contributed by atoms with van der Waals surface area (Å²) in [5, 5.41) is 0. The maximum atomic E-state index is 12.5.